The van der Waals surface area contributed by atoms with Gasteiger partial charge >= 0.3 is 0 Å². The Morgan fingerprint density at radius 3 is 2.19 bits per heavy atom. The molecule has 2 rings (SSSR count). The van der Waals surface area contributed by atoms with Crippen LogP contribution < -0.4 is 0 Å². The van der Waals surface area contributed by atoms with E-state index in [2.05, 4.69) is 39.0 Å². The Bertz CT molecular complexity index is 319. The fourth-order valence-corrected chi connectivity index (χ4v) is 2.18. The molecule has 1 aliphatic carbocycles. The third-order valence-electron chi connectivity index (χ3n) is 3.51. The second-order valence-corrected chi connectivity index (χ2v) is 4.90. The lowest BCUT2D eigenvalue weighted by Crippen LogP contribution is -2.10. The first-order valence-electron chi connectivity index (χ1n) is 6.79. The van der Waals surface area contributed by atoms with Crippen LogP contribution in [0.15, 0.2) is 18.2 Å². The molecule has 0 bridgehead atoms. The second-order valence-electron chi connectivity index (χ2n) is 4.90. The van der Waals surface area contributed by atoms with E-state index in [1.165, 1.54) is 30.4 Å². The van der Waals surface area contributed by atoms with Gasteiger partial charge in [0.25, 0.3) is 0 Å². The Hall–Kier alpha value is -0.780. The van der Waals surface area contributed by atoms with Crippen LogP contribution in [0.2, 0.25) is 0 Å². The van der Waals surface area contributed by atoms with Gasteiger partial charge in [-0.2, -0.15) is 0 Å². The summed E-state index contributed by atoms with van der Waals surface area (Å²) in [4.78, 5) is 0. The fourth-order valence-electron chi connectivity index (χ4n) is 2.18. The minimum atomic E-state index is 0.662. The van der Waals surface area contributed by atoms with Crippen LogP contribution in [0, 0.1) is 6.92 Å². The van der Waals surface area contributed by atoms with Crippen LogP contribution in [-0.2, 0) is 0 Å². The first-order chi connectivity index (χ1) is 7.68. The van der Waals surface area contributed by atoms with Crippen molar-refractivity contribution in [2.75, 3.05) is 0 Å². The third kappa shape index (κ3) is 2.87. The highest BCUT2D eigenvalue weighted by atomic mass is 14.3. The highest BCUT2D eigenvalue weighted by molar-refractivity contribution is 5.36. The van der Waals surface area contributed by atoms with E-state index in [0.717, 1.165) is 5.92 Å². The SMILES string of the molecule is CC.Cc1ccc(C(C)C)cc1C1CCC1. The molecule has 1 aromatic carbocycles. The van der Waals surface area contributed by atoms with Crippen molar-refractivity contribution < 1.29 is 0 Å². The summed E-state index contributed by atoms with van der Waals surface area (Å²) in [5, 5.41) is 0. The van der Waals surface area contributed by atoms with Gasteiger partial charge in [0.15, 0.2) is 0 Å². The monoisotopic (exact) mass is 218 g/mol. The predicted molar refractivity (Wildman–Crippen MR) is 73.2 cm³/mol. The zero-order valence-corrected chi connectivity index (χ0v) is 11.5. The van der Waals surface area contributed by atoms with Crippen molar-refractivity contribution in [2.24, 2.45) is 0 Å². The number of aryl methyl sites for hydroxylation is 1. The molecule has 0 heteroatoms. The molecule has 0 atom stereocenters. The van der Waals surface area contributed by atoms with Crippen molar-refractivity contribution >= 4 is 0 Å². The molecule has 0 radical (unpaired) electrons. The van der Waals surface area contributed by atoms with E-state index in [1.54, 1.807) is 5.56 Å². The van der Waals surface area contributed by atoms with Crippen molar-refractivity contribution in [3.05, 3.63) is 34.9 Å². The number of rotatable bonds is 2. The topological polar surface area (TPSA) is 0 Å². The highest BCUT2D eigenvalue weighted by Crippen LogP contribution is 2.38. The van der Waals surface area contributed by atoms with Crippen LogP contribution in [0.1, 0.15) is 75.5 Å². The minimum absolute atomic E-state index is 0.662. The molecular formula is C16H26. The van der Waals surface area contributed by atoms with E-state index in [0.29, 0.717) is 5.92 Å². The molecule has 0 unspecified atom stereocenters. The van der Waals surface area contributed by atoms with Gasteiger partial charge in [0.05, 0.1) is 0 Å². The maximum Gasteiger partial charge on any atom is -0.0159 e. The summed E-state index contributed by atoms with van der Waals surface area (Å²) in [6.45, 7) is 10.8. The fraction of sp³-hybridized carbons (Fsp3) is 0.625. The molecule has 16 heavy (non-hydrogen) atoms. The van der Waals surface area contributed by atoms with Crippen LogP contribution >= 0.6 is 0 Å². The van der Waals surface area contributed by atoms with Crippen LogP contribution in [0.4, 0.5) is 0 Å². The smallest absolute Gasteiger partial charge is 0.0159 e. The summed E-state index contributed by atoms with van der Waals surface area (Å²) >= 11 is 0. The van der Waals surface area contributed by atoms with E-state index < -0.39 is 0 Å². The molecule has 0 spiro atoms. The summed E-state index contributed by atoms with van der Waals surface area (Å²) in [7, 11) is 0. The van der Waals surface area contributed by atoms with Gasteiger partial charge in [0.2, 0.25) is 0 Å². The summed E-state index contributed by atoms with van der Waals surface area (Å²) in [6.07, 6.45) is 4.24. The van der Waals surface area contributed by atoms with Crippen molar-refractivity contribution in [3.63, 3.8) is 0 Å². The number of hydrogen-bond donors (Lipinski definition) is 0. The van der Waals surface area contributed by atoms with Gasteiger partial charge in [-0.15, -0.1) is 0 Å². The van der Waals surface area contributed by atoms with Gasteiger partial charge in [-0.05, 0) is 48.3 Å². The Labute approximate surface area is 101 Å². The summed E-state index contributed by atoms with van der Waals surface area (Å²) in [6, 6.07) is 7.01. The maximum absolute atomic E-state index is 2.43. The van der Waals surface area contributed by atoms with Gasteiger partial charge in [0.1, 0.15) is 0 Å². The zero-order chi connectivity index (χ0) is 12.1. The zero-order valence-electron chi connectivity index (χ0n) is 11.5. The van der Waals surface area contributed by atoms with E-state index in [4.69, 9.17) is 0 Å². The molecule has 0 aromatic heterocycles. The van der Waals surface area contributed by atoms with E-state index in [1.807, 2.05) is 13.8 Å². The van der Waals surface area contributed by atoms with E-state index >= 15 is 0 Å². The Balaban J connectivity index is 0.000000606. The van der Waals surface area contributed by atoms with Crippen molar-refractivity contribution in [1.82, 2.24) is 0 Å². The molecule has 0 heterocycles. The molecule has 0 nitrogen and oxygen atoms in total. The van der Waals surface area contributed by atoms with Crippen LogP contribution in [0.3, 0.4) is 0 Å². The molecule has 90 valence electrons. The van der Waals surface area contributed by atoms with Crippen LogP contribution in [0.5, 0.6) is 0 Å². The van der Waals surface area contributed by atoms with Crippen molar-refractivity contribution in [3.8, 4) is 0 Å². The molecule has 1 aliphatic rings. The summed E-state index contributed by atoms with van der Waals surface area (Å²) < 4.78 is 0. The molecule has 1 fully saturated rings. The maximum atomic E-state index is 2.43. The molecule has 1 saturated carbocycles. The van der Waals surface area contributed by atoms with Gasteiger partial charge in [-0.3, -0.25) is 0 Å². The van der Waals surface area contributed by atoms with Gasteiger partial charge in [-0.25, -0.2) is 0 Å². The third-order valence-corrected chi connectivity index (χ3v) is 3.51. The summed E-state index contributed by atoms with van der Waals surface area (Å²) in [5.41, 5.74) is 4.60. The van der Waals surface area contributed by atoms with Gasteiger partial charge < -0.3 is 0 Å². The lowest BCUT2D eigenvalue weighted by Gasteiger charge is -2.28. The average molecular weight is 218 g/mol. The largest absolute Gasteiger partial charge is 0.0683 e. The predicted octanol–water partition coefficient (Wildman–Crippen LogP) is 5.41. The Morgan fingerprint density at radius 2 is 1.75 bits per heavy atom. The van der Waals surface area contributed by atoms with Crippen molar-refractivity contribution in [2.45, 2.75) is 65.7 Å². The number of hydrogen-bond acceptors (Lipinski definition) is 0. The normalized spacial score (nSPS) is 15.4. The molecule has 0 aliphatic heterocycles. The van der Waals surface area contributed by atoms with Crippen molar-refractivity contribution in [1.29, 1.82) is 0 Å². The standard InChI is InChI=1S/C14H20.C2H6/c1-10(2)13-8-7-11(3)14(9-13)12-5-4-6-12;1-2/h7-10,12H,4-6H2,1-3H3;1-2H3. The first kappa shape index (κ1) is 13.3. The quantitative estimate of drug-likeness (QED) is 0.622. The Morgan fingerprint density at radius 1 is 1.12 bits per heavy atom. The number of benzene rings is 1. The highest BCUT2D eigenvalue weighted by Gasteiger charge is 2.21. The molecular weight excluding hydrogens is 192 g/mol. The summed E-state index contributed by atoms with van der Waals surface area (Å²) in [5.74, 6) is 1.53. The minimum Gasteiger partial charge on any atom is -0.0683 e. The molecule has 1 aromatic rings. The Kier molecular flexibility index (Phi) is 5.05. The lowest BCUT2D eigenvalue weighted by molar-refractivity contribution is 0.418. The molecule has 0 saturated heterocycles. The van der Waals surface area contributed by atoms with E-state index in [-0.39, 0.29) is 0 Å². The lowest BCUT2D eigenvalue weighted by atomic mass is 9.77. The molecule has 0 amide bonds. The second kappa shape index (κ2) is 6.08. The van der Waals surface area contributed by atoms with Crippen LogP contribution in [0.25, 0.3) is 0 Å². The average Bonchev–Trinajstić information content (AvgIpc) is 2.21. The van der Waals surface area contributed by atoms with E-state index in [9.17, 15) is 0 Å². The van der Waals surface area contributed by atoms with Crippen LogP contribution in [-0.4, -0.2) is 0 Å². The van der Waals surface area contributed by atoms with Gasteiger partial charge in [-0.1, -0.05) is 52.3 Å². The first-order valence-corrected chi connectivity index (χ1v) is 6.79. The van der Waals surface area contributed by atoms with Gasteiger partial charge in [0, 0.05) is 0 Å². The molecule has 0 N–H and O–H groups in total.